The Hall–Kier alpha value is -4.72. The summed E-state index contributed by atoms with van der Waals surface area (Å²) in [4.78, 5) is 48.7. The smallest absolute Gasteiger partial charge is 0.259 e. The zero-order valence-electron chi connectivity index (χ0n) is 33.5. The van der Waals surface area contributed by atoms with Crippen molar-refractivity contribution in [3.05, 3.63) is 60.4 Å². The summed E-state index contributed by atoms with van der Waals surface area (Å²) in [6, 6.07) is 11.1. The lowest BCUT2D eigenvalue weighted by molar-refractivity contribution is -0.140. The van der Waals surface area contributed by atoms with Gasteiger partial charge in [0.05, 0.1) is 30.2 Å². The lowest BCUT2D eigenvalue weighted by Gasteiger charge is -2.28. The zero-order chi connectivity index (χ0) is 40.9. The summed E-state index contributed by atoms with van der Waals surface area (Å²) < 4.78 is 60.5. The number of amides is 3. The van der Waals surface area contributed by atoms with E-state index >= 15 is 4.39 Å². The number of fused-ring (bicyclic) bond motifs is 3. The van der Waals surface area contributed by atoms with Gasteiger partial charge in [-0.25, -0.2) is 17.8 Å². The van der Waals surface area contributed by atoms with Crippen LogP contribution in [-0.2, 0) is 24.4 Å². The Morgan fingerprint density at radius 1 is 1.07 bits per heavy atom. The van der Waals surface area contributed by atoms with Gasteiger partial charge >= 0.3 is 0 Å². The summed E-state index contributed by atoms with van der Waals surface area (Å²) >= 11 is 0. The number of ether oxygens (including phenoxy) is 3. The van der Waals surface area contributed by atoms with Crippen LogP contribution < -0.4 is 24.2 Å². The van der Waals surface area contributed by atoms with Crippen LogP contribution in [-0.4, -0.2) is 78.2 Å². The number of carbonyl (C=O) groups is 3. The predicted molar refractivity (Wildman–Crippen MR) is 214 cm³/mol. The Morgan fingerprint density at radius 2 is 1.81 bits per heavy atom. The molecule has 1 aromatic heterocycles. The van der Waals surface area contributed by atoms with Gasteiger partial charge in [-0.2, -0.15) is 0 Å². The molecule has 1 saturated heterocycles. The van der Waals surface area contributed by atoms with E-state index < -0.39 is 56.0 Å². The Kier molecular flexibility index (Phi) is 11.0. The maximum Gasteiger partial charge on any atom is 0.259 e. The van der Waals surface area contributed by atoms with Crippen LogP contribution in [0.25, 0.3) is 22.0 Å². The molecule has 3 aromatic rings. The number of carbonyl (C=O) groups excluding carboxylic acids is 3. The fourth-order valence-corrected chi connectivity index (χ4v) is 9.48. The molecular formula is C43H53FN4O8S. The molecule has 0 bridgehead atoms. The van der Waals surface area contributed by atoms with Gasteiger partial charge in [0.2, 0.25) is 27.7 Å². The monoisotopic (exact) mass is 804 g/mol. The minimum atomic E-state index is -3.98. The lowest BCUT2D eigenvalue weighted by atomic mass is 9.91. The molecule has 0 radical (unpaired) electrons. The van der Waals surface area contributed by atoms with Gasteiger partial charge in [0.1, 0.15) is 23.4 Å². The molecule has 3 fully saturated rings. The molecule has 0 unspecified atom stereocenters. The summed E-state index contributed by atoms with van der Waals surface area (Å²) in [6.07, 6.45) is 7.00. The molecule has 2 aliphatic heterocycles. The zero-order valence-corrected chi connectivity index (χ0v) is 34.3. The molecule has 14 heteroatoms. The molecule has 4 aliphatic rings. The number of pyridine rings is 1. The van der Waals surface area contributed by atoms with Gasteiger partial charge in [0, 0.05) is 29.7 Å². The summed E-state index contributed by atoms with van der Waals surface area (Å²) in [5.41, 5.74) is -0.188. The van der Waals surface area contributed by atoms with Crippen LogP contribution in [0.4, 0.5) is 4.39 Å². The first-order chi connectivity index (χ1) is 27.0. The number of hydrogen-bond donors (Lipinski definition) is 2. The van der Waals surface area contributed by atoms with Gasteiger partial charge in [0.15, 0.2) is 11.6 Å². The van der Waals surface area contributed by atoms with Crippen molar-refractivity contribution >= 4 is 38.5 Å². The fourth-order valence-electron chi connectivity index (χ4n) is 8.17. The first kappa shape index (κ1) is 40.5. The SMILES string of the molecule is COc1cc2cc(-c3ccc(OC(C)C)cc3)nc(O[C@@H]3C[C@H]4C(=O)N[C@]5(C(=O)NS(=O)(=O)C6(C)CC6)C[C@H]5/C=C\CC[C@@H](C)C[C@@H](C)CC(=O)N4C3)c2cc1F. The van der Waals surface area contributed by atoms with Gasteiger partial charge in [-0.15, -0.1) is 0 Å². The summed E-state index contributed by atoms with van der Waals surface area (Å²) in [6.45, 7) is 9.71. The molecule has 2 aliphatic carbocycles. The molecule has 12 nitrogen and oxygen atoms in total. The van der Waals surface area contributed by atoms with Crippen molar-refractivity contribution in [3.63, 3.8) is 0 Å². The maximum absolute atomic E-state index is 15.2. The minimum absolute atomic E-state index is 0.00401. The average molecular weight is 805 g/mol. The van der Waals surface area contributed by atoms with Gasteiger partial charge < -0.3 is 24.4 Å². The first-order valence-electron chi connectivity index (χ1n) is 20.0. The number of nitrogens with zero attached hydrogens (tertiary/aromatic N) is 2. The van der Waals surface area contributed by atoms with E-state index in [9.17, 15) is 22.8 Å². The average Bonchev–Trinajstić information content (AvgIpc) is 4.03. The van der Waals surface area contributed by atoms with E-state index in [4.69, 9.17) is 19.2 Å². The van der Waals surface area contributed by atoms with Crippen molar-refractivity contribution in [2.75, 3.05) is 13.7 Å². The van der Waals surface area contributed by atoms with Gasteiger partial charge in [-0.1, -0.05) is 26.0 Å². The van der Waals surface area contributed by atoms with E-state index in [0.29, 0.717) is 41.0 Å². The predicted octanol–water partition coefficient (Wildman–Crippen LogP) is 6.46. The van der Waals surface area contributed by atoms with Gasteiger partial charge in [0.25, 0.3) is 5.91 Å². The summed E-state index contributed by atoms with van der Waals surface area (Å²) in [7, 11) is -2.59. The summed E-state index contributed by atoms with van der Waals surface area (Å²) in [5.74, 6) is -1.36. The highest BCUT2D eigenvalue weighted by Gasteiger charge is 2.63. The van der Waals surface area contributed by atoms with Crippen molar-refractivity contribution in [2.45, 2.75) is 115 Å². The van der Waals surface area contributed by atoms with Crippen molar-refractivity contribution in [1.82, 2.24) is 19.9 Å². The van der Waals surface area contributed by atoms with E-state index in [2.05, 4.69) is 17.0 Å². The highest BCUT2D eigenvalue weighted by atomic mass is 32.2. The molecule has 0 spiro atoms. The van der Waals surface area contributed by atoms with Crippen LogP contribution in [0.5, 0.6) is 17.4 Å². The Labute approximate surface area is 334 Å². The van der Waals surface area contributed by atoms with Crippen molar-refractivity contribution < 1.29 is 41.4 Å². The lowest BCUT2D eigenvalue weighted by Crippen LogP contribution is -2.57. The molecule has 2 saturated carbocycles. The van der Waals surface area contributed by atoms with Crippen LogP contribution in [0.15, 0.2) is 54.6 Å². The molecule has 3 heterocycles. The Balaban J connectivity index is 1.21. The van der Waals surface area contributed by atoms with E-state index in [0.717, 1.165) is 24.8 Å². The normalized spacial score (nSPS) is 28.0. The van der Waals surface area contributed by atoms with E-state index in [1.54, 1.807) is 13.0 Å². The molecule has 3 amide bonds. The molecule has 6 atom stereocenters. The Morgan fingerprint density at radius 3 is 2.49 bits per heavy atom. The third-order valence-corrected chi connectivity index (χ3v) is 14.0. The second kappa shape index (κ2) is 15.6. The third-order valence-electron chi connectivity index (χ3n) is 11.9. The van der Waals surface area contributed by atoms with Crippen LogP contribution in [0.1, 0.15) is 86.0 Å². The first-order valence-corrected chi connectivity index (χ1v) is 21.5. The number of sulfonamides is 1. The molecule has 2 aromatic carbocycles. The summed E-state index contributed by atoms with van der Waals surface area (Å²) in [5, 5.41) is 3.91. The molecular weight excluding hydrogens is 752 g/mol. The number of halogens is 1. The fraction of sp³-hybridized carbons (Fsp3) is 0.535. The number of benzene rings is 2. The number of aromatic nitrogens is 1. The van der Waals surface area contributed by atoms with Crippen LogP contribution in [0, 0.1) is 23.6 Å². The van der Waals surface area contributed by atoms with Gasteiger partial charge in [-0.3, -0.25) is 19.1 Å². The topological polar surface area (TPSA) is 153 Å². The minimum Gasteiger partial charge on any atom is -0.494 e. The van der Waals surface area contributed by atoms with Crippen molar-refractivity contribution in [1.29, 1.82) is 0 Å². The highest BCUT2D eigenvalue weighted by molar-refractivity contribution is 7.91. The second-order valence-corrected chi connectivity index (χ2v) is 19.3. The third kappa shape index (κ3) is 8.47. The number of allylic oxidation sites excluding steroid dienone is 1. The van der Waals surface area contributed by atoms with Crippen LogP contribution in [0.3, 0.4) is 0 Å². The number of hydrogen-bond acceptors (Lipinski definition) is 9. The van der Waals surface area contributed by atoms with Crippen LogP contribution in [0.2, 0.25) is 0 Å². The number of rotatable bonds is 9. The largest absolute Gasteiger partial charge is 0.494 e. The van der Waals surface area contributed by atoms with Crippen molar-refractivity contribution in [3.8, 4) is 28.6 Å². The highest BCUT2D eigenvalue weighted by Crippen LogP contribution is 2.48. The maximum atomic E-state index is 15.2. The van der Waals surface area contributed by atoms with E-state index in [1.165, 1.54) is 18.1 Å². The van der Waals surface area contributed by atoms with Gasteiger partial charge in [-0.05, 0) is 119 Å². The quantitative estimate of drug-likeness (QED) is 0.232. The van der Waals surface area contributed by atoms with Crippen molar-refractivity contribution in [2.24, 2.45) is 17.8 Å². The molecule has 57 heavy (non-hydrogen) atoms. The molecule has 306 valence electrons. The number of methoxy groups -OCH3 is 1. The molecule has 2 N–H and O–H groups in total. The molecule has 7 rings (SSSR count). The standard InChI is InChI=1S/C43H53FN4O8S/c1-25(2)55-31-13-11-28(12-14-31)35-19-29-20-37(54-6)34(44)22-33(29)40(45-35)56-32-21-36-39(50)46-43(41(51)47-57(52,53)42(5)15-16-42)23-30(43)10-8-7-9-26(3)17-27(4)18-38(49)48(36)24-32/h8,10-14,19-20,22,25-27,30,32,36H,7,9,15-18,21,23-24H2,1-6H3,(H,46,50)(H,47,51)/b10-8-/t26-,27-,30-,32-,36+,43-/m1/s1. The Bertz CT molecular complexity index is 2190. The second-order valence-electron chi connectivity index (χ2n) is 17.1. The number of nitrogens with one attached hydrogen (secondary N) is 2. The van der Waals surface area contributed by atoms with E-state index in [-0.39, 0.29) is 55.4 Å². The van der Waals surface area contributed by atoms with Crippen LogP contribution >= 0.6 is 0 Å². The van der Waals surface area contributed by atoms with E-state index in [1.807, 2.05) is 63.3 Å².